The zero-order chi connectivity index (χ0) is 18.1. The maximum atomic E-state index is 10.00. The minimum absolute atomic E-state index is 0.388. The van der Waals surface area contributed by atoms with Crippen LogP contribution < -0.4 is 0 Å². The Kier molecular flexibility index (Phi) is 10.0. The van der Waals surface area contributed by atoms with Crippen LogP contribution in [0.2, 0.25) is 0 Å². The SMILES string of the molecule is C1CO1.CC(C)CC(C)(O)C#CC(C)(O)CC(C)C.CC1CO1. The third-order valence-electron chi connectivity index (χ3n) is 2.92. The maximum absolute atomic E-state index is 10.00. The molecule has 0 saturated carbocycles. The topological polar surface area (TPSA) is 65.5 Å². The van der Waals surface area contributed by atoms with Gasteiger partial charge in [-0.3, -0.25) is 0 Å². The molecule has 0 aliphatic carbocycles. The standard InChI is InChI=1S/C14H26O2.C3H6O.C2H4O/c1-11(2)9-13(5,15)7-8-14(6,16)10-12(3)4;1-3-2-4-3;1-2-3-1/h11-12,15-16H,9-10H2,1-6H3;3H,2H2,1H3;1-2H2. The van der Waals surface area contributed by atoms with Crippen molar-refractivity contribution in [2.24, 2.45) is 11.8 Å². The summed E-state index contributed by atoms with van der Waals surface area (Å²) in [5, 5.41) is 20.0. The highest BCUT2D eigenvalue weighted by atomic mass is 16.6. The molecule has 136 valence electrons. The first-order valence-corrected chi connectivity index (χ1v) is 8.62. The number of rotatable bonds is 4. The Morgan fingerprint density at radius 2 is 1.22 bits per heavy atom. The van der Waals surface area contributed by atoms with Crippen molar-refractivity contribution in [2.75, 3.05) is 19.8 Å². The first-order valence-electron chi connectivity index (χ1n) is 8.62. The molecule has 3 unspecified atom stereocenters. The van der Waals surface area contributed by atoms with E-state index in [-0.39, 0.29) is 0 Å². The molecule has 0 aromatic rings. The summed E-state index contributed by atoms with van der Waals surface area (Å²) >= 11 is 0. The Hall–Kier alpha value is -0.600. The largest absolute Gasteiger partial charge is 0.378 e. The Bertz CT molecular complexity index is 340. The second kappa shape index (κ2) is 10.3. The molecule has 3 atom stereocenters. The van der Waals surface area contributed by atoms with Crippen molar-refractivity contribution in [1.29, 1.82) is 0 Å². The summed E-state index contributed by atoms with van der Waals surface area (Å²) in [7, 11) is 0. The van der Waals surface area contributed by atoms with E-state index in [4.69, 9.17) is 4.74 Å². The molecule has 0 radical (unpaired) electrons. The van der Waals surface area contributed by atoms with Crippen LogP contribution in [-0.2, 0) is 9.47 Å². The maximum Gasteiger partial charge on any atom is 0.123 e. The second-order valence-electron chi connectivity index (χ2n) is 7.75. The molecule has 2 aliphatic heterocycles. The molecule has 0 amide bonds. The minimum Gasteiger partial charge on any atom is -0.378 e. The number of hydrogen-bond donors (Lipinski definition) is 2. The Labute approximate surface area is 142 Å². The lowest BCUT2D eigenvalue weighted by Gasteiger charge is -2.22. The predicted molar refractivity (Wildman–Crippen MR) is 94.2 cm³/mol. The average Bonchev–Trinajstić information content (AvgIpc) is 3.19. The van der Waals surface area contributed by atoms with Crippen LogP contribution in [0.5, 0.6) is 0 Å². The fraction of sp³-hybridized carbons (Fsp3) is 0.895. The van der Waals surface area contributed by atoms with Gasteiger partial charge in [-0.1, -0.05) is 39.5 Å². The van der Waals surface area contributed by atoms with Crippen molar-refractivity contribution in [3.05, 3.63) is 0 Å². The first-order chi connectivity index (χ1) is 10.4. The summed E-state index contributed by atoms with van der Waals surface area (Å²) < 4.78 is 9.21. The summed E-state index contributed by atoms with van der Waals surface area (Å²) in [6.07, 6.45) is 1.83. The van der Waals surface area contributed by atoms with Gasteiger partial charge in [-0.25, -0.2) is 0 Å². The molecular formula is C19H36O4. The second-order valence-corrected chi connectivity index (χ2v) is 7.75. The van der Waals surface area contributed by atoms with E-state index < -0.39 is 11.2 Å². The highest BCUT2D eigenvalue weighted by Gasteiger charge is 2.22. The molecule has 4 heteroatoms. The Balaban J connectivity index is 0.000000551. The highest BCUT2D eigenvalue weighted by Crippen LogP contribution is 2.18. The van der Waals surface area contributed by atoms with Crippen LogP contribution in [0.4, 0.5) is 0 Å². The molecule has 0 aromatic carbocycles. The Morgan fingerprint density at radius 1 is 0.957 bits per heavy atom. The molecule has 2 saturated heterocycles. The van der Waals surface area contributed by atoms with Gasteiger partial charge in [0.15, 0.2) is 0 Å². The van der Waals surface area contributed by atoms with Crippen LogP contribution in [0.15, 0.2) is 0 Å². The van der Waals surface area contributed by atoms with E-state index >= 15 is 0 Å². The molecule has 2 N–H and O–H groups in total. The van der Waals surface area contributed by atoms with Gasteiger partial charge in [0.25, 0.3) is 0 Å². The molecule has 0 aromatic heterocycles. The van der Waals surface area contributed by atoms with Crippen LogP contribution in [-0.4, -0.2) is 47.3 Å². The van der Waals surface area contributed by atoms with E-state index in [0.717, 1.165) is 19.8 Å². The molecule has 2 aliphatic rings. The fourth-order valence-corrected chi connectivity index (χ4v) is 2.06. The van der Waals surface area contributed by atoms with Gasteiger partial charge >= 0.3 is 0 Å². The van der Waals surface area contributed by atoms with E-state index in [0.29, 0.717) is 30.8 Å². The summed E-state index contributed by atoms with van der Waals surface area (Å²) in [6.45, 7) is 16.6. The van der Waals surface area contributed by atoms with Crippen LogP contribution in [0.3, 0.4) is 0 Å². The molecule has 0 spiro atoms. The minimum atomic E-state index is -1.00. The molecule has 2 fully saturated rings. The number of aliphatic hydroxyl groups is 2. The van der Waals surface area contributed by atoms with Crippen molar-refractivity contribution in [3.8, 4) is 11.8 Å². The quantitative estimate of drug-likeness (QED) is 0.615. The normalized spacial score (nSPS) is 23.2. The van der Waals surface area contributed by atoms with Crippen molar-refractivity contribution in [2.45, 2.75) is 78.6 Å². The lowest BCUT2D eigenvalue weighted by atomic mass is 9.91. The van der Waals surface area contributed by atoms with Gasteiger partial charge in [-0.05, 0) is 45.4 Å². The van der Waals surface area contributed by atoms with Crippen molar-refractivity contribution in [3.63, 3.8) is 0 Å². The summed E-state index contributed by atoms with van der Waals surface area (Å²) in [4.78, 5) is 0. The van der Waals surface area contributed by atoms with Crippen molar-refractivity contribution < 1.29 is 19.7 Å². The van der Waals surface area contributed by atoms with E-state index in [2.05, 4.69) is 23.5 Å². The van der Waals surface area contributed by atoms with Crippen LogP contribution in [0.1, 0.15) is 61.3 Å². The molecular weight excluding hydrogens is 292 g/mol. The van der Waals surface area contributed by atoms with E-state index in [1.54, 1.807) is 13.8 Å². The number of hydrogen-bond acceptors (Lipinski definition) is 4. The number of epoxide rings is 2. The van der Waals surface area contributed by atoms with E-state index in [1.807, 2.05) is 27.7 Å². The van der Waals surface area contributed by atoms with Gasteiger partial charge in [0, 0.05) is 0 Å². The van der Waals surface area contributed by atoms with Gasteiger partial charge in [0.1, 0.15) is 11.2 Å². The van der Waals surface area contributed by atoms with E-state index in [1.165, 1.54) is 0 Å². The van der Waals surface area contributed by atoms with Crippen LogP contribution in [0, 0.1) is 23.7 Å². The lowest BCUT2D eigenvalue weighted by Crippen LogP contribution is -2.28. The predicted octanol–water partition coefficient (Wildman–Crippen LogP) is 3.01. The van der Waals surface area contributed by atoms with Gasteiger partial charge in [0.05, 0.1) is 25.9 Å². The lowest BCUT2D eigenvalue weighted by molar-refractivity contribution is 0.0859. The first kappa shape index (κ1) is 22.4. The van der Waals surface area contributed by atoms with Crippen LogP contribution >= 0.6 is 0 Å². The summed E-state index contributed by atoms with van der Waals surface area (Å²) in [6, 6.07) is 0. The molecule has 0 bridgehead atoms. The monoisotopic (exact) mass is 328 g/mol. The number of ether oxygens (including phenoxy) is 2. The Morgan fingerprint density at radius 3 is 1.35 bits per heavy atom. The highest BCUT2D eigenvalue weighted by molar-refractivity contribution is 5.19. The molecule has 2 rings (SSSR count). The average molecular weight is 328 g/mol. The third kappa shape index (κ3) is 19.4. The molecule has 23 heavy (non-hydrogen) atoms. The molecule has 2 heterocycles. The van der Waals surface area contributed by atoms with Crippen molar-refractivity contribution >= 4 is 0 Å². The van der Waals surface area contributed by atoms with Gasteiger partial charge < -0.3 is 19.7 Å². The van der Waals surface area contributed by atoms with Crippen LogP contribution in [0.25, 0.3) is 0 Å². The molecule has 4 nitrogen and oxygen atoms in total. The summed E-state index contributed by atoms with van der Waals surface area (Å²) in [5.74, 6) is 6.36. The zero-order valence-corrected chi connectivity index (χ0v) is 16.0. The fourth-order valence-electron chi connectivity index (χ4n) is 2.06. The van der Waals surface area contributed by atoms with Gasteiger partial charge in [0.2, 0.25) is 0 Å². The van der Waals surface area contributed by atoms with Crippen molar-refractivity contribution in [1.82, 2.24) is 0 Å². The van der Waals surface area contributed by atoms with E-state index in [9.17, 15) is 10.2 Å². The smallest absolute Gasteiger partial charge is 0.123 e. The summed E-state index contributed by atoms with van der Waals surface area (Å²) in [5.41, 5.74) is -2.01. The zero-order valence-electron chi connectivity index (χ0n) is 16.0. The van der Waals surface area contributed by atoms with Gasteiger partial charge in [-0.15, -0.1) is 0 Å². The van der Waals surface area contributed by atoms with Gasteiger partial charge in [-0.2, -0.15) is 0 Å². The third-order valence-corrected chi connectivity index (χ3v) is 2.92.